The van der Waals surface area contributed by atoms with E-state index in [0.29, 0.717) is 12.1 Å². The molecule has 1 saturated carbocycles. The number of carboxylic acids is 1. The normalized spacial score (nSPS) is 24.1. The van der Waals surface area contributed by atoms with E-state index < -0.39 is 12.1 Å². The van der Waals surface area contributed by atoms with Crippen LogP contribution in [-0.2, 0) is 7.05 Å². The van der Waals surface area contributed by atoms with E-state index in [4.69, 9.17) is 0 Å². The van der Waals surface area contributed by atoms with Crippen LogP contribution in [-0.4, -0.2) is 21.9 Å². The molecular weight excluding hydrogens is 214 g/mol. The number of aromatic carboxylic acids is 1. The summed E-state index contributed by atoms with van der Waals surface area (Å²) in [4.78, 5) is 10.6. The molecule has 1 fully saturated rings. The molecule has 4 nitrogen and oxygen atoms in total. The summed E-state index contributed by atoms with van der Waals surface area (Å²) in [5.41, 5.74) is 0.445. The third kappa shape index (κ3) is 2.09. The van der Waals surface area contributed by atoms with Crippen LogP contribution in [0.3, 0.4) is 0 Å². The van der Waals surface area contributed by atoms with Crippen molar-refractivity contribution in [1.82, 2.24) is 9.78 Å². The maximum absolute atomic E-state index is 12.7. The van der Waals surface area contributed by atoms with Crippen LogP contribution in [0.1, 0.15) is 28.4 Å². The Morgan fingerprint density at radius 1 is 1.79 bits per heavy atom. The fourth-order valence-corrected chi connectivity index (χ4v) is 1.49. The summed E-state index contributed by atoms with van der Waals surface area (Å²) in [5.74, 6) is -1.59. The van der Waals surface area contributed by atoms with Crippen molar-refractivity contribution < 1.29 is 65.7 Å². The first kappa shape index (κ1) is 12.3. The molecule has 0 radical (unpaired) electrons. The van der Waals surface area contributed by atoms with E-state index in [1.807, 2.05) is 0 Å². The van der Waals surface area contributed by atoms with Gasteiger partial charge in [0.05, 0.1) is 17.9 Å². The fraction of sp³-hybridized carbons (Fsp3) is 0.500. The van der Waals surface area contributed by atoms with Gasteiger partial charge in [0.1, 0.15) is 6.17 Å². The fourth-order valence-electron chi connectivity index (χ4n) is 1.49. The molecule has 1 aromatic rings. The van der Waals surface area contributed by atoms with Crippen LogP contribution in [0.4, 0.5) is 4.39 Å². The summed E-state index contributed by atoms with van der Waals surface area (Å²) in [6.07, 6.45) is 0.670. The first-order valence-electron chi connectivity index (χ1n) is 3.98. The van der Waals surface area contributed by atoms with E-state index in [9.17, 15) is 14.3 Å². The van der Waals surface area contributed by atoms with Crippen LogP contribution < -0.4 is 56.5 Å². The first-order chi connectivity index (χ1) is 6.11. The van der Waals surface area contributed by atoms with Crippen molar-refractivity contribution in [3.63, 3.8) is 0 Å². The first-order valence-corrected chi connectivity index (χ1v) is 3.98. The molecule has 0 saturated heterocycles. The van der Waals surface area contributed by atoms with Crippen LogP contribution >= 0.6 is 0 Å². The largest absolute Gasteiger partial charge is 1.00 e. The Morgan fingerprint density at radius 3 is 2.79 bits per heavy atom. The molecule has 0 aromatic carbocycles. The topological polar surface area (TPSA) is 58.0 Å². The number of alkyl halides is 1. The second kappa shape index (κ2) is 4.40. The van der Waals surface area contributed by atoms with E-state index in [0.717, 1.165) is 0 Å². The van der Waals surface area contributed by atoms with Gasteiger partial charge in [-0.1, -0.05) is 0 Å². The number of rotatable bonds is 2. The number of aryl methyl sites for hydroxylation is 1. The molecule has 70 valence electrons. The van der Waals surface area contributed by atoms with Gasteiger partial charge in [-0.25, -0.2) is 4.39 Å². The Bertz CT molecular complexity index is 366. The van der Waals surface area contributed by atoms with E-state index >= 15 is 0 Å². The molecule has 1 heterocycles. The Morgan fingerprint density at radius 2 is 2.36 bits per heavy atom. The van der Waals surface area contributed by atoms with E-state index in [1.165, 1.54) is 10.9 Å². The van der Waals surface area contributed by atoms with Crippen molar-refractivity contribution in [3.8, 4) is 0 Å². The maximum atomic E-state index is 12.7. The van der Waals surface area contributed by atoms with Crippen LogP contribution in [0.25, 0.3) is 0 Å². The predicted molar refractivity (Wildman–Crippen MR) is 39.8 cm³/mol. The Kier molecular flexibility index (Phi) is 3.87. The van der Waals surface area contributed by atoms with Gasteiger partial charge in [-0.3, -0.25) is 4.68 Å². The monoisotopic (exact) mass is 222 g/mol. The molecule has 0 aliphatic heterocycles. The third-order valence-electron chi connectivity index (χ3n) is 2.27. The molecule has 1 aliphatic rings. The number of hydrogen-bond donors (Lipinski definition) is 0. The number of carboxylic acid groups (broad SMARTS) is 1. The summed E-state index contributed by atoms with van der Waals surface area (Å²) in [5, 5.41) is 14.3. The van der Waals surface area contributed by atoms with Crippen LogP contribution in [0, 0.1) is 0 Å². The van der Waals surface area contributed by atoms with Gasteiger partial charge in [-0.2, -0.15) is 5.10 Å². The second-order valence-electron chi connectivity index (χ2n) is 3.21. The predicted octanol–water partition coefficient (Wildman–Crippen LogP) is -3.39. The average Bonchev–Trinajstić information content (AvgIpc) is 2.60. The zero-order valence-electron chi connectivity index (χ0n) is 8.03. The molecule has 2 atom stereocenters. The molecule has 2 unspecified atom stereocenters. The summed E-state index contributed by atoms with van der Waals surface area (Å²) < 4.78 is 14.1. The minimum Gasteiger partial charge on any atom is -0.545 e. The Balaban J connectivity index is 0.000000980. The molecule has 1 aliphatic carbocycles. The number of carbonyl (C=O) groups is 1. The summed E-state index contributed by atoms with van der Waals surface area (Å²) in [6, 6.07) is 0. The molecule has 0 spiro atoms. The van der Waals surface area contributed by atoms with Crippen molar-refractivity contribution in [1.29, 1.82) is 0 Å². The van der Waals surface area contributed by atoms with Crippen LogP contribution in [0.2, 0.25) is 0 Å². The van der Waals surface area contributed by atoms with Gasteiger partial charge in [0.15, 0.2) is 0 Å². The quantitative estimate of drug-likeness (QED) is 0.490. The molecule has 14 heavy (non-hydrogen) atoms. The Labute approximate surface area is 123 Å². The second-order valence-corrected chi connectivity index (χ2v) is 3.21. The Hall–Kier alpha value is 0.246. The number of carbonyl (C=O) groups excluding carboxylic acids is 1. The standard InChI is InChI=1S/C8H9FN2O2.K/c1-11-7(4-2-6(4)9)5(3-10-11)8(12)13;/h3-4,6H,2H2,1H3,(H,12,13);/q;+1/p-1. The molecule has 0 amide bonds. The minimum atomic E-state index is -1.29. The molecule has 2 rings (SSSR count). The minimum absolute atomic E-state index is 0. The zero-order valence-corrected chi connectivity index (χ0v) is 11.2. The smallest absolute Gasteiger partial charge is 0.545 e. The summed E-state index contributed by atoms with van der Waals surface area (Å²) >= 11 is 0. The molecule has 0 bridgehead atoms. The number of hydrogen-bond acceptors (Lipinski definition) is 3. The molecule has 1 aromatic heterocycles. The van der Waals surface area contributed by atoms with E-state index in [-0.39, 0.29) is 62.9 Å². The van der Waals surface area contributed by atoms with Crippen molar-refractivity contribution in [2.24, 2.45) is 7.05 Å². The van der Waals surface area contributed by atoms with Crippen molar-refractivity contribution in [2.45, 2.75) is 18.5 Å². The van der Waals surface area contributed by atoms with E-state index in [2.05, 4.69) is 5.10 Å². The van der Waals surface area contributed by atoms with Gasteiger partial charge >= 0.3 is 51.4 Å². The van der Waals surface area contributed by atoms with Gasteiger partial charge in [0, 0.05) is 18.5 Å². The molecule has 6 heteroatoms. The number of aromatic nitrogens is 2. The number of halogens is 1. The van der Waals surface area contributed by atoms with Crippen molar-refractivity contribution in [2.75, 3.05) is 0 Å². The number of nitrogens with zero attached hydrogens (tertiary/aromatic N) is 2. The molecule has 0 N–H and O–H groups in total. The molecular formula is C8H8FKN2O2. The van der Waals surface area contributed by atoms with Gasteiger partial charge < -0.3 is 9.90 Å². The van der Waals surface area contributed by atoms with Crippen LogP contribution in [0.15, 0.2) is 6.20 Å². The zero-order chi connectivity index (χ0) is 9.59. The van der Waals surface area contributed by atoms with Crippen molar-refractivity contribution >= 4 is 5.97 Å². The van der Waals surface area contributed by atoms with Gasteiger partial charge in [-0.15, -0.1) is 0 Å². The van der Waals surface area contributed by atoms with E-state index in [1.54, 1.807) is 7.05 Å². The average molecular weight is 222 g/mol. The third-order valence-corrected chi connectivity index (χ3v) is 2.27. The summed E-state index contributed by atoms with van der Waals surface area (Å²) in [6.45, 7) is 0. The van der Waals surface area contributed by atoms with Gasteiger partial charge in [0.2, 0.25) is 0 Å². The maximum Gasteiger partial charge on any atom is 1.00 e. The van der Waals surface area contributed by atoms with Gasteiger partial charge in [0.25, 0.3) is 0 Å². The van der Waals surface area contributed by atoms with Crippen molar-refractivity contribution in [3.05, 3.63) is 17.5 Å². The van der Waals surface area contributed by atoms with Gasteiger partial charge in [-0.05, 0) is 6.42 Å². The summed E-state index contributed by atoms with van der Waals surface area (Å²) in [7, 11) is 1.60. The van der Waals surface area contributed by atoms with Crippen LogP contribution in [0.5, 0.6) is 0 Å². The SMILES string of the molecule is Cn1ncc(C(=O)[O-])c1C1CC1F.[K+].